The van der Waals surface area contributed by atoms with Crippen LogP contribution in [0.1, 0.15) is 53.0 Å². The molecule has 1 atom stereocenters. The zero-order valence-electron chi connectivity index (χ0n) is 18.9. The van der Waals surface area contributed by atoms with Gasteiger partial charge < -0.3 is 10.1 Å². The van der Waals surface area contributed by atoms with Crippen LogP contribution < -0.4 is 10.1 Å². The van der Waals surface area contributed by atoms with Crippen LogP contribution in [0.2, 0.25) is 0 Å². The van der Waals surface area contributed by atoms with Crippen molar-refractivity contribution in [2.45, 2.75) is 43.8 Å². The normalized spacial score (nSPS) is 15.4. The van der Waals surface area contributed by atoms with E-state index in [-0.39, 0.29) is 28.3 Å². The molecule has 1 fully saturated rings. The van der Waals surface area contributed by atoms with Gasteiger partial charge in [-0.2, -0.15) is 18.4 Å². The first-order chi connectivity index (χ1) is 17.3. The Morgan fingerprint density at radius 1 is 1.05 bits per heavy atom. The van der Waals surface area contributed by atoms with Crippen LogP contribution in [0.25, 0.3) is 11.5 Å². The predicted molar refractivity (Wildman–Crippen MR) is 114 cm³/mol. The van der Waals surface area contributed by atoms with Crippen LogP contribution in [0.5, 0.6) is 5.75 Å². The summed E-state index contributed by atoms with van der Waals surface area (Å²) in [6.45, 7) is 1.48. The SMILES string of the molecule is CC(NC(=O)c1cc(C(F)(F)F)cc(C2(C#N)CC2)c1)c1nccnc1-c1ncc(OC(F)(F)F)cn1. The molecule has 8 nitrogen and oxygen atoms in total. The lowest BCUT2D eigenvalue weighted by Gasteiger charge is -2.18. The number of rotatable bonds is 6. The van der Waals surface area contributed by atoms with E-state index in [2.05, 4.69) is 30.0 Å². The monoisotopic (exact) mass is 522 g/mol. The molecule has 0 aliphatic heterocycles. The van der Waals surface area contributed by atoms with Crippen molar-refractivity contribution in [3.8, 4) is 23.3 Å². The fourth-order valence-electron chi connectivity index (χ4n) is 3.60. The highest BCUT2D eigenvalue weighted by Gasteiger charge is 2.46. The molecule has 0 spiro atoms. The lowest BCUT2D eigenvalue weighted by Crippen LogP contribution is -2.28. The van der Waals surface area contributed by atoms with Gasteiger partial charge in [0.25, 0.3) is 5.91 Å². The molecule has 1 unspecified atom stereocenters. The van der Waals surface area contributed by atoms with Gasteiger partial charge in [0.2, 0.25) is 0 Å². The van der Waals surface area contributed by atoms with Crippen LogP contribution in [0.15, 0.2) is 43.0 Å². The number of benzene rings is 1. The van der Waals surface area contributed by atoms with E-state index in [1.807, 2.05) is 6.07 Å². The molecule has 14 heteroatoms. The average Bonchev–Trinajstić information content (AvgIpc) is 3.64. The summed E-state index contributed by atoms with van der Waals surface area (Å²) in [7, 11) is 0. The van der Waals surface area contributed by atoms with Gasteiger partial charge in [-0.05, 0) is 43.5 Å². The van der Waals surface area contributed by atoms with E-state index in [0.29, 0.717) is 18.9 Å². The van der Waals surface area contributed by atoms with Gasteiger partial charge in [0, 0.05) is 18.0 Å². The Balaban J connectivity index is 1.60. The van der Waals surface area contributed by atoms with Gasteiger partial charge in [0.05, 0.1) is 41.2 Å². The van der Waals surface area contributed by atoms with Gasteiger partial charge in [0.15, 0.2) is 11.6 Å². The topological polar surface area (TPSA) is 114 Å². The van der Waals surface area contributed by atoms with Gasteiger partial charge in [-0.15, -0.1) is 13.2 Å². The van der Waals surface area contributed by atoms with Gasteiger partial charge in [-0.1, -0.05) is 0 Å². The molecule has 192 valence electrons. The highest BCUT2D eigenvalue weighted by molar-refractivity contribution is 5.95. The maximum absolute atomic E-state index is 13.5. The predicted octanol–water partition coefficient (Wildman–Crippen LogP) is 4.90. The third-order valence-electron chi connectivity index (χ3n) is 5.60. The Morgan fingerprint density at radius 3 is 2.27 bits per heavy atom. The van der Waals surface area contributed by atoms with Crippen molar-refractivity contribution >= 4 is 5.91 Å². The van der Waals surface area contributed by atoms with Crippen molar-refractivity contribution < 1.29 is 35.9 Å². The van der Waals surface area contributed by atoms with Crippen LogP contribution in [0, 0.1) is 11.3 Å². The molecule has 3 aromatic rings. The van der Waals surface area contributed by atoms with E-state index in [9.17, 15) is 36.4 Å². The Morgan fingerprint density at radius 2 is 1.70 bits per heavy atom. The number of alkyl halides is 6. The van der Waals surface area contributed by atoms with Gasteiger partial charge >= 0.3 is 12.5 Å². The molecular formula is C23H16F6N6O2. The molecule has 0 radical (unpaired) electrons. The summed E-state index contributed by atoms with van der Waals surface area (Å²) in [6, 6.07) is 3.92. The van der Waals surface area contributed by atoms with E-state index in [1.54, 1.807) is 0 Å². The minimum atomic E-state index is -4.93. The molecule has 1 N–H and O–H groups in total. The molecule has 1 amide bonds. The molecule has 1 aliphatic rings. The number of nitrogens with zero attached hydrogens (tertiary/aromatic N) is 5. The molecule has 1 aromatic carbocycles. The zero-order valence-corrected chi connectivity index (χ0v) is 18.9. The molecule has 2 heterocycles. The molecule has 0 bridgehead atoms. The lowest BCUT2D eigenvalue weighted by atomic mass is 9.93. The largest absolute Gasteiger partial charge is 0.573 e. The minimum Gasteiger partial charge on any atom is -0.402 e. The fraction of sp³-hybridized carbons (Fsp3) is 0.304. The quantitative estimate of drug-likeness (QED) is 0.458. The third kappa shape index (κ3) is 5.76. The number of hydrogen-bond donors (Lipinski definition) is 1. The summed E-state index contributed by atoms with van der Waals surface area (Å²) < 4.78 is 81.4. The fourth-order valence-corrected chi connectivity index (χ4v) is 3.60. The molecular weight excluding hydrogens is 506 g/mol. The number of halogens is 6. The van der Waals surface area contributed by atoms with Crippen molar-refractivity contribution in [1.82, 2.24) is 25.3 Å². The van der Waals surface area contributed by atoms with E-state index < -0.39 is 41.2 Å². The zero-order chi connectivity index (χ0) is 27.0. The smallest absolute Gasteiger partial charge is 0.402 e. The number of nitrogens with one attached hydrogen (secondary N) is 1. The van der Waals surface area contributed by atoms with Gasteiger partial charge in [0.1, 0.15) is 5.69 Å². The molecule has 2 aromatic heterocycles. The molecule has 37 heavy (non-hydrogen) atoms. The number of hydrogen-bond acceptors (Lipinski definition) is 7. The van der Waals surface area contributed by atoms with Gasteiger partial charge in [-0.3, -0.25) is 9.78 Å². The maximum atomic E-state index is 13.5. The summed E-state index contributed by atoms with van der Waals surface area (Å²) in [5.74, 6) is -1.64. The van der Waals surface area contributed by atoms with E-state index in [1.165, 1.54) is 25.4 Å². The summed E-state index contributed by atoms with van der Waals surface area (Å²) in [5.41, 5.74) is -2.16. The Bertz CT molecular complexity index is 1360. The number of carbonyl (C=O) groups excluding carboxylic acids is 1. The first kappa shape index (κ1) is 25.8. The van der Waals surface area contributed by atoms with Crippen molar-refractivity contribution in [3.05, 3.63) is 65.4 Å². The third-order valence-corrected chi connectivity index (χ3v) is 5.60. The second kappa shape index (κ2) is 9.30. The van der Waals surface area contributed by atoms with Crippen LogP contribution in [-0.4, -0.2) is 32.2 Å². The van der Waals surface area contributed by atoms with Crippen molar-refractivity contribution in [2.24, 2.45) is 0 Å². The molecule has 4 rings (SSSR count). The second-order valence-electron chi connectivity index (χ2n) is 8.27. The lowest BCUT2D eigenvalue weighted by molar-refractivity contribution is -0.274. The average molecular weight is 522 g/mol. The Kier molecular flexibility index (Phi) is 6.49. The summed E-state index contributed by atoms with van der Waals surface area (Å²) in [5, 5.41) is 12.0. The van der Waals surface area contributed by atoms with Crippen molar-refractivity contribution in [2.75, 3.05) is 0 Å². The first-order valence-electron chi connectivity index (χ1n) is 10.7. The standard InChI is InChI=1S/C23H16F6N6O2/c1-12(17-18(32-5-4-31-17)19-33-9-16(10-34-19)37-23(27,28)29)35-20(36)13-6-14(21(11-30)2-3-21)8-15(7-13)22(24,25)26/h4-10,12H,2-3H2,1H3,(H,35,36). The first-order valence-corrected chi connectivity index (χ1v) is 10.7. The number of aromatic nitrogens is 4. The maximum Gasteiger partial charge on any atom is 0.573 e. The highest BCUT2D eigenvalue weighted by Crippen LogP contribution is 2.49. The summed E-state index contributed by atoms with van der Waals surface area (Å²) >= 11 is 0. The van der Waals surface area contributed by atoms with Crippen molar-refractivity contribution in [1.29, 1.82) is 5.26 Å². The van der Waals surface area contributed by atoms with Crippen LogP contribution >= 0.6 is 0 Å². The number of amides is 1. The van der Waals surface area contributed by atoms with Crippen molar-refractivity contribution in [3.63, 3.8) is 0 Å². The number of nitriles is 1. The second-order valence-corrected chi connectivity index (χ2v) is 8.27. The Hall–Kier alpha value is -4.28. The van der Waals surface area contributed by atoms with Crippen LogP contribution in [-0.2, 0) is 11.6 Å². The summed E-state index contributed by atoms with van der Waals surface area (Å²) in [4.78, 5) is 28.8. The van der Waals surface area contributed by atoms with Gasteiger partial charge in [-0.25, -0.2) is 15.0 Å². The number of ether oxygens (including phenoxy) is 1. The molecule has 1 saturated carbocycles. The van der Waals surface area contributed by atoms with E-state index in [0.717, 1.165) is 18.5 Å². The van der Waals surface area contributed by atoms with E-state index in [4.69, 9.17) is 0 Å². The Labute approximate surface area is 205 Å². The van der Waals surface area contributed by atoms with E-state index >= 15 is 0 Å². The minimum absolute atomic E-state index is 0.0278. The summed E-state index contributed by atoms with van der Waals surface area (Å²) in [6.07, 6.45) is -4.77. The molecule has 1 aliphatic carbocycles. The molecule has 0 saturated heterocycles. The highest BCUT2D eigenvalue weighted by atomic mass is 19.4. The number of carbonyl (C=O) groups is 1. The van der Waals surface area contributed by atoms with Crippen LogP contribution in [0.3, 0.4) is 0 Å². The van der Waals surface area contributed by atoms with Crippen LogP contribution in [0.4, 0.5) is 26.3 Å².